The number of nitrogens with two attached hydrogens (primary N) is 1. The quantitative estimate of drug-likeness (QED) is 0.789. The molecule has 0 saturated heterocycles. The summed E-state index contributed by atoms with van der Waals surface area (Å²) in [5, 5.41) is 0. The van der Waals surface area contributed by atoms with E-state index in [9.17, 15) is 4.79 Å². The summed E-state index contributed by atoms with van der Waals surface area (Å²) >= 11 is 0. The van der Waals surface area contributed by atoms with Gasteiger partial charge in [-0.1, -0.05) is 30.3 Å². The first-order valence-electron chi connectivity index (χ1n) is 6.86. The first kappa shape index (κ1) is 15.3. The molecule has 0 spiro atoms. The van der Waals surface area contributed by atoms with E-state index < -0.39 is 5.97 Å². The number of carbonyl (C=O) groups is 1. The molecule has 0 saturated carbocycles. The van der Waals surface area contributed by atoms with Crippen molar-refractivity contribution in [2.75, 3.05) is 20.2 Å². The minimum atomic E-state index is -0.463. The number of hydrogen-bond donors (Lipinski definition) is 1. The Morgan fingerprint density at radius 3 is 2.62 bits per heavy atom. The van der Waals surface area contributed by atoms with E-state index >= 15 is 0 Å². The maximum Gasteiger partial charge on any atom is 0.373 e. The minimum absolute atomic E-state index is 0.222. The highest BCUT2D eigenvalue weighted by Crippen LogP contribution is 2.13. The number of furan rings is 1. The number of hydrogen-bond acceptors (Lipinski definition) is 5. The van der Waals surface area contributed by atoms with Gasteiger partial charge in [-0.05, 0) is 17.7 Å². The Kier molecular flexibility index (Phi) is 5.54. The third-order valence-electron chi connectivity index (χ3n) is 3.12. The number of benzene rings is 1. The Labute approximate surface area is 124 Å². The van der Waals surface area contributed by atoms with Gasteiger partial charge in [0.25, 0.3) is 0 Å². The van der Waals surface area contributed by atoms with Gasteiger partial charge in [0.2, 0.25) is 5.76 Å². The topological polar surface area (TPSA) is 68.7 Å². The minimum Gasteiger partial charge on any atom is -0.463 e. The summed E-state index contributed by atoms with van der Waals surface area (Å²) < 4.78 is 10.1. The summed E-state index contributed by atoms with van der Waals surface area (Å²) in [6.07, 6.45) is 0. The van der Waals surface area contributed by atoms with Crippen molar-refractivity contribution in [1.29, 1.82) is 0 Å². The van der Waals surface area contributed by atoms with Gasteiger partial charge in [-0.3, -0.25) is 4.90 Å². The normalized spacial score (nSPS) is 10.8. The van der Waals surface area contributed by atoms with Gasteiger partial charge in [-0.15, -0.1) is 0 Å². The summed E-state index contributed by atoms with van der Waals surface area (Å²) in [5.41, 5.74) is 6.88. The van der Waals surface area contributed by atoms with Crippen LogP contribution in [0.25, 0.3) is 0 Å². The molecule has 1 aromatic heterocycles. The summed E-state index contributed by atoms with van der Waals surface area (Å²) in [6.45, 7) is 2.70. The number of nitrogens with zero attached hydrogens (tertiary/aromatic N) is 1. The number of carbonyl (C=O) groups excluding carboxylic acids is 1. The Bertz CT molecular complexity index is 566. The highest BCUT2D eigenvalue weighted by molar-refractivity contribution is 5.86. The van der Waals surface area contributed by atoms with Crippen LogP contribution < -0.4 is 5.73 Å². The molecule has 0 aliphatic carbocycles. The smallest absolute Gasteiger partial charge is 0.373 e. The van der Waals surface area contributed by atoms with Crippen LogP contribution in [-0.2, 0) is 17.8 Å². The van der Waals surface area contributed by atoms with Crippen LogP contribution in [0.5, 0.6) is 0 Å². The number of ether oxygens (including phenoxy) is 1. The Morgan fingerprint density at radius 2 is 1.95 bits per heavy atom. The Hall–Kier alpha value is -2.11. The molecular weight excluding hydrogens is 268 g/mol. The number of rotatable bonds is 7. The van der Waals surface area contributed by atoms with E-state index in [-0.39, 0.29) is 5.76 Å². The lowest BCUT2D eigenvalue weighted by molar-refractivity contribution is 0.0561. The second kappa shape index (κ2) is 7.61. The lowest BCUT2D eigenvalue weighted by atomic mass is 10.2. The first-order chi connectivity index (χ1) is 10.2. The summed E-state index contributed by atoms with van der Waals surface area (Å²) in [7, 11) is 1.33. The molecule has 1 heterocycles. The number of esters is 1. The van der Waals surface area contributed by atoms with Crippen molar-refractivity contribution in [3.8, 4) is 0 Å². The van der Waals surface area contributed by atoms with E-state index in [1.165, 1.54) is 12.7 Å². The van der Waals surface area contributed by atoms with E-state index in [0.717, 1.165) is 18.8 Å². The van der Waals surface area contributed by atoms with Crippen molar-refractivity contribution < 1.29 is 13.9 Å². The predicted octanol–water partition coefficient (Wildman–Crippen LogP) is 2.03. The van der Waals surface area contributed by atoms with Gasteiger partial charge >= 0.3 is 5.97 Å². The third kappa shape index (κ3) is 4.44. The average Bonchev–Trinajstić information content (AvgIpc) is 2.96. The van der Waals surface area contributed by atoms with Crippen LogP contribution in [-0.4, -0.2) is 31.1 Å². The third-order valence-corrected chi connectivity index (χ3v) is 3.12. The highest BCUT2D eigenvalue weighted by atomic mass is 16.5. The predicted molar refractivity (Wildman–Crippen MR) is 79.7 cm³/mol. The first-order valence-corrected chi connectivity index (χ1v) is 6.86. The molecule has 0 fully saturated rings. The van der Waals surface area contributed by atoms with Crippen LogP contribution in [0.4, 0.5) is 0 Å². The van der Waals surface area contributed by atoms with Crippen LogP contribution in [0.15, 0.2) is 46.9 Å². The van der Waals surface area contributed by atoms with Crippen molar-refractivity contribution in [3.05, 3.63) is 59.5 Å². The molecule has 2 aromatic rings. The van der Waals surface area contributed by atoms with E-state index in [1.807, 2.05) is 18.2 Å². The standard InChI is InChI=1S/C16H20N2O3/c1-20-16(19)15-8-7-14(21-15)12-18(10-9-17)11-13-5-3-2-4-6-13/h2-8H,9-12,17H2,1H3. The Morgan fingerprint density at radius 1 is 1.19 bits per heavy atom. The fourth-order valence-corrected chi connectivity index (χ4v) is 2.13. The van der Waals surface area contributed by atoms with Gasteiger partial charge in [0, 0.05) is 19.6 Å². The fourth-order valence-electron chi connectivity index (χ4n) is 2.13. The van der Waals surface area contributed by atoms with Crippen molar-refractivity contribution in [1.82, 2.24) is 4.90 Å². The molecule has 0 radical (unpaired) electrons. The van der Waals surface area contributed by atoms with Crippen molar-refractivity contribution in [2.45, 2.75) is 13.1 Å². The molecule has 0 aliphatic rings. The van der Waals surface area contributed by atoms with Gasteiger partial charge in [0.05, 0.1) is 13.7 Å². The van der Waals surface area contributed by atoms with Crippen LogP contribution in [0.3, 0.4) is 0 Å². The van der Waals surface area contributed by atoms with Gasteiger partial charge < -0.3 is 14.9 Å². The van der Waals surface area contributed by atoms with Crippen LogP contribution in [0.2, 0.25) is 0 Å². The molecule has 5 heteroatoms. The monoisotopic (exact) mass is 288 g/mol. The highest BCUT2D eigenvalue weighted by Gasteiger charge is 2.13. The zero-order valence-corrected chi connectivity index (χ0v) is 12.1. The zero-order chi connectivity index (χ0) is 15.1. The molecule has 5 nitrogen and oxygen atoms in total. The molecule has 21 heavy (non-hydrogen) atoms. The van der Waals surface area contributed by atoms with Crippen molar-refractivity contribution in [3.63, 3.8) is 0 Å². The van der Waals surface area contributed by atoms with Gasteiger partial charge in [-0.2, -0.15) is 0 Å². The average molecular weight is 288 g/mol. The van der Waals surface area contributed by atoms with E-state index in [2.05, 4.69) is 21.8 Å². The molecule has 112 valence electrons. The summed E-state index contributed by atoms with van der Waals surface area (Å²) in [5.74, 6) is 0.481. The molecule has 1 aromatic carbocycles. The van der Waals surface area contributed by atoms with Gasteiger partial charge in [0.1, 0.15) is 5.76 Å². The summed E-state index contributed by atoms with van der Waals surface area (Å²) in [6, 6.07) is 13.6. The van der Waals surface area contributed by atoms with Crippen LogP contribution >= 0.6 is 0 Å². The molecule has 0 atom stereocenters. The second-order valence-electron chi connectivity index (χ2n) is 4.74. The lowest BCUT2D eigenvalue weighted by Gasteiger charge is -2.20. The van der Waals surface area contributed by atoms with Crippen molar-refractivity contribution >= 4 is 5.97 Å². The maximum absolute atomic E-state index is 11.4. The van der Waals surface area contributed by atoms with Gasteiger partial charge in [0.15, 0.2) is 0 Å². The molecule has 0 aliphatic heterocycles. The molecule has 2 N–H and O–H groups in total. The van der Waals surface area contributed by atoms with E-state index in [1.54, 1.807) is 12.1 Å². The molecule has 0 unspecified atom stereocenters. The zero-order valence-electron chi connectivity index (χ0n) is 12.1. The van der Waals surface area contributed by atoms with E-state index in [0.29, 0.717) is 13.1 Å². The fraction of sp³-hybridized carbons (Fsp3) is 0.312. The molecule has 0 amide bonds. The second-order valence-corrected chi connectivity index (χ2v) is 4.74. The molecule has 2 rings (SSSR count). The summed E-state index contributed by atoms with van der Waals surface area (Å²) in [4.78, 5) is 13.6. The SMILES string of the molecule is COC(=O)c1ccc(CN(CCN)Cc2ccccc2)o1. The van der Waals surface area contributed by atoms with E-state index in [4.69, 9.17) is 10.2 Å². The van der Waals surface area contributed by atoms with Crippen molar-refractivity contribution in [2.24, 2.45) is 5.73 Å². The molecular formula is C16H20N2O3. The maximum atomic E-state index is 11.4. The van der Waals surface area contributed by atoms with Crippen LogP contribution in [0, 0.1) is 0 Å². The number of methoxy groups -OCH3 is 1. The van der Waals surface area contributed by atoms with Gasteiger partial charge in [-0.25, -0.2) is 4.79 Å². The Balaban J connectivity index is 2.02. The molecule has 0 bridgehead atoms. The van der Waals surface area contributed by atoms with Crippen LogP contribution in [0.1, 0.15) is 21.9 Å². The lowest BCUT2D eigenvalue weighted by Crippen LogP contribution is -2.28. The largest absolute Gasteiger partial charge is 0.463 e.